The molecule has 1 saturated heterocycles. The molecule has 1 heterocycles. The van der Waals surface area contributed by atoms with Gasteiger partial charge in [-0.15, -0.1) is 0 Å². The maximum absolute atomic E-state index is 11.0. The van der Waals surface area contributed by atoms with Crippen molar-refractivity contribution in [1.29, 1.82) is 0 Å². The summed E-state index contributed by atoms with van der Waals surface area (Å²) in [5.74, 6) is -2.60. The predicted molar refractivity (Wildman–Crippen MR) is 108 cm³/mol. The highest BCUT2D eigenvalue weighted by Gasteiger charge is 2.44. The zero-order chi connectivity index (χ0) is 19.8. The molecule has 160 valence electrons. The summed E-state index contributed by atoms with van der Waals surface area (Å²) in [5, 5.41) is 9.01. The van der Waals surface area contributed by atoms with Crippen LogP contribution in [0.1, 0.15) is 104 Å². The molecule has 27 heavy (non-hydrogen) atoms. The van der Waals surface area contributed by atoms with Gasteiger partial charge in [0.25, 0.3) is 5.79 Å². The van der Waals surface area contributed by atoms with Crippen LogP contribution >= 0.6 is 0 Å². The Labute approximate surface area is 166 Å². The maximum atomic E-state index is 11.0. The van der Waals surface area contributed by atoms with Gasteiger partial charge in [-0.1, -0.05) is 90.4 Å². The molecule has 1 N–H and O–H groups in total. The topological polar surface area (TPSA) is 65.0 Å². The van der Waals surface area contributed by atoms with Crippen LogP contribution in [0.15, 0.2) is 0 Å². The van der Waals surface area contributed by atoms with Crippen LogP contribution in [0.5, 0.6) is 0 Å². The molecule has 1 fully saturated rings. The number of carbonyl (C=O) groups is 1. The lowest BCUT2D eigenvalue weighted by molar-refractivity contribution is -0.200. The van der Waals surface area contributed by atoms with Crippen LogP contribution in [0, 0.1) is 0 Å². The fourth-order valence-electron chi connectivity index (χ4n) is 3.45. The lowest BCUT2D eigenvalue weighted by Crippen LogP contribution is -2.37. The monoisotopic (exact) mass is 386 g/mol. The molecule has 0 aromatic rings. The van der Waals surface area contributed by atoms with Gasteiger partial charge in [-0.05, 0) is 6.42 Å². The molecule has 2 atom stereocenters. The minimum Gasteiger partial charge on any atom is -0.477 e. The molecule has 0 amide bonds. The minimum absolute atomic E-state index is 0.279. The van der Waals surface area contributed by atoms with E-state index in [-0.39, 0.29) is 12.7 Å². The van der Waals surface area contributed by atoms with Crippen molar-refractivity contribution in [2.45, 2.75) is 116 Å². The normalized spacial score (nSPS) is 22.4. The lowest BCUT2D eigenvalue weighted by atomic mass is 10.0. The Balaban J connectivity index is 1.77. The molecule has 0 spiro atoms. The molecule has 0 aromatic heterocycles. The number of carboxylic acid groups (broad SMARTS) is 1. The highest BCUT2D eigenvalue weighted by Crippen LogP contribution is 2.23. The van der Waals surface area contributed by atoms with E-state index in [4.69, 9.17) is 19.3 Å². The van der Waals surface area contributed by atoms with Gasteiger partial charge in [-0.2, -0.15) is 0 Å². The van der Waals surface area contributed by atoms with Crippen LogP contribution in [0.4, 0.5) is 0 Å². The second-order valence-electron chi connectivity index (χ2n) is 7.97. The van der Waals surface area contributed by atoms with E-state index in [0.29, 0.717) is 13.2 Å². The Hall–Kier alpha value is -0.650. The second kappa shape index (κ2) is 15.3. The predicted octanol–water partition coefficient (Wildman–Crippen LogP) is 5.70. The third kappa shape index (κ3) is 11.7. The van der Waals surface area contributed by atoms with E-state index in [0.717, 1.165) is 6.42 Å². The Morgan fingerprint density at radius 3 is 1.85 bits per heavy atom. The van der Waals surface area contributed by atoms with E-state index in [1.165, 1.54) is 90.4 Å². The highest BCUT2D eigenvalue weighted by atomic mass is 16.8. The summed E-state index contributed by atoms with van der Waals surface area (Å²) in [5.41, 5.74) is 0. The zero-order valence-corrected chi connectivity index (χ0v) is 17.7. The van der Waals surface area contributed by atoms with E-state index in [1.807, 2.05) is 0 Å². The molecule has 2 unspecified atom stereocenters. The Morgan fingerprint density at radius 2 is 1.41 bits per heavy atom. The summed E-state index contributed by atoms with van der Waals surface area (Å²) in [6.45, 7) is 5.10. The van der Waals surface area contributed by atoms with Crippen molar-refractivity contribution in [2.24, 2.45) is 0 Å². The van der Waals surface area contributed by atoms with E-state index in [1.54, 1.807) is 0 Å². The van der Waals surface area contributed by atoms with E-state index in [2.05, 4.69) is 6.92 Å². The largest absolute Gasteiger partial charge is 0.477 e. The number of rotatable bonds is 18. The number of ether oxygens (including phenoxy) is 3. The lowest BCUT2D eigenvalue weighted by Gasteiger charge is -2.17. The second-order valence-corrected chi connectivity index (χ2v) is 7.97. The summed E-state index contributed by atoms with van der Waals surface area (Å²) in [6, 6.07) is 0. The van der Waals surface area contributed by atoms with Crippen LogP contribution in [0.2, 0.25) is 0 Å². The van der Waals surface area contributed by atoms with Gasteiger partial charge in [0, 0.05) is 13.5 Å². The van der Waals surface area contributed by atoms with Crippen LogP contribution in [-0.4, -0.2) is 42.8 Å². The molecule has 1 aliphatic rings. The first-order valence-corrected chi connectivity index (χ1v) is 11.2. The van der Waals surface area contributed by atoms with Crippen molar-refractivity contribution in [2.75, 3.05) is 19.8 Å². The molecule has 0 aromatic carbocycles. The Morgan fingerprint density at radius 1 is 0.926 bits per heavy atom. The first kappa shape index (κ1) is 24.4. The Kier molecular flexibility index (Phi) is 13.8. The zero-order valence-electron chi connectivity index (χ0n) is 17.7. The van der Waals surface area contributed by atoms with Crippen LogP contribution in [0.25, 0.3) is 0 Å². The number of hydrogen-bond acceptors (Lipinski definition) is 4. The minimum atomic E-state index is -1.51. The van der Waals surface area contributed by atoms with E-state index >= 15 is 0 Å². The van der Waals surface area contributed by atoms with Crippen LogP contribution in [-0.2, 0) is 19.0 Å². The fraction of sp³-hybridized carbons (Fsp3) is 0.955. The summed E-state index contributed by atoms with van der Waals surface area (Å²) >= 11 is 0. The first-order valence-electron chi connectivity index (χ1n) is 11.2. The molecular formula is C22H42O5. The Bertz CT molecular complexity index is 374. The third-order valence-corrected chi connectivity index (χ3v) is 5.27. The maximum Gasteiger partial charge on any atom is 0.364 e. The summed E-state index contributed by atoms with van der Waals surface area (Å²) in [4.78, 5) is 11.0. The van der Waals surface area contributed by atoms with Gasteiger partial charge >= 0.3 is 5.97 Å². The van der Waals surface area contributed by atoms with Crippen molar-refractivity contribution in [3.05, 3.63) is 0 Å². The molecule has 0 saturated carbocycles. The van der Waals surface area contributed by atoms with Crippen molar-refractivity contribution in [1.82, 2.24) is 0 Å². The molecular weight excluding hydrogens is 344 g/mol. The SMILES string of the molecule is CCCCCCCCCCCCCCCCOCC1COC(C)(C(=O)O)O1. The highest BCUT2D eigenvalue weighted by molar-refractivity contribution is 5.75. The van der Waals surface area contributed by atoms with Gasteiger partial charge in [0.2, 0.25) is 0 Å². The molecule has 0 aliphatic carbocycles. The summed E-state index contributed by atoms with van der Waals surface area (Å²) in [6.07, 6.45) is 18.6. The van der Waals surface area contributed by atoms with Gasteiger partial charge in [0.15, 0.2) is 0 Å². The molecule has 0 bridgehead atoms. The van der Waals surface area contributed by atoms with Crippen molar-refractivity contribution < 1.29 is 24.1 Å². The standard InChI is InChI=1S/C22H42O5/c1-3-4-5-6-7-8-9-10-11-12-13-14-15-16-17-25-18-20-19-26-22(2,27-20)21(23)24/h20H,3-19H2,1-2H3,(H,23,24). The van der Waals surface area contributed by atoms with Crippen LogP contribution < -0.4 is 0 Å². The molecule has 5 nitrogen and oxygen atoms in total. The van der Waals surface area contributed by atoms with E-state index < -0.39 is 11.8 Å². The average molecular weight is 387 g/mol. The van der Waals surface area contributed by atoms with Gasteiger partial charge in [-0.3, -0.25) is 0 Å². The quantitative estimate of drug-likeness (QED) is 0.306. The fourth-order valence-corrected chi connectivity index (χ4v) is 3.45. The van der Waals surface area contributed by atoms with Crippen molar-refractivity contribution in [3.8, 4) is 0 Å². The molecule has 0 radical (unpaired) electrons. The van der Waals surface area contributed by atoms with Gasteiger partial charge in [0.05, 0.1) is 13.2 Å². The van der Waals surface area contributed by atoms with E-state index in [9.17, 15) is 4.79 Å². The van der Waals surface area contributed by atoms with Gasteiger partial charge < -0.3 is 19.3 Å². The molecule has 1 rings (SSSR count). The number of unbranched alkanes of at least 4 members (excludes halogenated alkanes) is 13. The smallest absolute Gasteiger partial charge is 0.364 e. The van der Waals surface area contributed by atoms with Gasteiger partial charge in [0.1, 0.15) is 6.10 Å². The number of aliphatic carboxylic acids is 1. The average Bonchev–Trinajstić information content (AvgIpc) is 3.04. The first-order chi connectivity index (χ1) is 13.1. The van der Waals surface area contributed by atoms with Gasteiger partial charge in [-0.25, -0.2) is 4.79 Å². The molecule has 1 aliphatic heterocycles. The number of carboxylic acids is 1. The van der Waals surface area contributed by atoms with Crippen LogP contribution in [0.3, 0.4) is 0 Å². The summed E-state index contributed by atoms with van der Waals surface area (Å²) < 4.78 is 16.2. The van der Waals surface area contributed by atoms with Crippen molar-refractivity contribution >= 4 is 5.97 Å². The summed E-state index contributed by atoms with van der Waals surface area (Å²) in [7, 11) is 0. The third-order valence-electron chi connectivity index (χ3n) is 5.27. The number of hydrogen-bond donors (Lipinski definition) is 1. The van der Waals surface area contributed by atoms with Crippen molar-refractivity contribution in [3.63, 3.8) is 0 Å². The molecule has 5 heteroatoms.